The fraction of sp³-hybridized carbons (Fsp3) is 0.222. The Kier molecular flexibility index (Phi) is 5.90. The molecule has 0 atom stereocenters. The van der Waals surface area contributed by atoms with Crippen molar-refractivity contribution in [3.05, 3.63) is 70.2 Å². The zero-order chi connectivity index (χ0) is 15.9. The zero-order valence-electron chi connectivity index (χ0n) is 12.7. The highest BCUT2D eigenvalue weighted by Crippen LogP contribution is 2.11. The van der Waals surface area contributed by atoms with Crippen LogP contribution in [0.15, 0.2) is 64.2 Å². The van der Waals surface area contributed by atoms with Gasteiger partial charge in [0, 0.05) is 4.47 Å². The van der Waals surface area contributed by atoms with Crippen LogP contribution in [0.5, 0.6) is 0 Å². The first-order valence-corrected chi connectivity index (χ1v) is 8.02. The number of amides is 1. The van der Waals surface area contributed by atoms with Crippen LogP contribution in [-0.2, 0) is 11.2 Å². The summed E-state index contributed by atoms with van der Waals surface area (Å²) in [4.78, 5) is 12.0. The minimum absolute atomic E-state index is 0.114. The molecule has 1 amide bonds. The monoisotopic (exact) mass is 358 g/mol. The summed E-state index contributed by atoms with van der Waals surface area (Å²) in [7, 11) is 0. The second-order valence-corrected chi connectivity index (χ2v) is 6.27. The van der Waals surface area contributed by atoms with Crippen LogP contribution in [-0.4, -0.2) is 11.6 Å². The maximum Gasteiger partial charge on any atom is 0.244 e. The van der Waals surface area contributed by atoms with E-state index in [9.17, 15) is 4.79 Å². The van der Waals surface area contributed by atoms with Gasteiger partial charge in [-0.05, 0) is 29.2 Å². The number of hydrogen-bond donors (Lipinski definition) is 1. The molecule has 0 bridgehead atoms. The Balaban J connectivity index is 2.04. The first kappa shape index (κ1) is 16.4. The molecule has 22 heavy (non-hydrogen) atoms. The van der Waals surface area contributed by atoms with E-state index in [0.29, 0.717) is 6.42 Å². The molecule has 0 saturated carbocycles. The summed E-state index contributed by atoms with van der Waals surface area (Å²) in [6.07, 6.45) is 0.316. The van der Waals surface area contributed by atoms with E-state index in [0.717, 1.165) is 21.3 Å². The second-order valence-electron chi connectivity index (χ2n) is 5.36. The van der Waals surface area contributed by atoms with Crippen molar-refractivity contribution < 1.29 is 4.79 Å². The molecule has 0 unspecified atom stereocenters. The van der Waals surface area contributed by atoms with Crippen LogP contribution in [0.1, 0.15) is 25.0 Å². The van der Waals surface area contributed by atoms with E-state index < -0.39 is 0 Å². The maximum atomic E-state index is 12.0. The van der Waals surface area contributed by atoms with Crippen molar-refractivity contribution in [2.75, 3.05) is 0 Å². The molecular formula is C18H19BrN2O. The van der Waals surface area contributed by atoms with E-state index in [4.69, 9.17) is 0 Å². The van der Waals surface area contributed by atoms with Crippen molar-refractivity contribution in [2.45, 2.75) is 20.3 Å². The molecule has 0 aliphatic carbocycles. The smallest absolute Gasteiger partial charge is 0.244 e. The predicted octanol–water partition coefficient (Wildman–Crippen LogP) is 4.17. The van der Waals surface area contributed by atoms with Crippen molar-refractivity contribution in [3.8, 4) is 0 Å². The van der Waals surface area contributed by atoms with Crippen LogP contribution in [0.2, 0.25) is 0 Å². The Labute approximate surface area is 139 Å². The number of hydrogen-bond acceptors (Lipinski definition) is 2. The van der Waals surface area contributed by atoms with Gasteiger partial charge in [0.25, 0.3) is 0 Å². The van der Waals surface area contributed by atoms with Crippen LogP contribution >= 0.6 is 15.9 Å². The number of carbonyl (C=O) groups excluding carboxylic acids is 1. The third kappa shape index (κ3) is 4.81. The normalized spacial score (nSPS) is 11.5. The Morgan fingerprint density at radius 2 is 1.73 bits per heavy atom. The lowest BCUT2D eigenvalue weighted by molar-refractivity contribution is -0.120. The number of nitrogens with one attached hydrogen (secondary N) is 1. The van der Waals surface area contributed by atoms with Gasteiger partial charge in [-0.25, -0.2) is 5.43 Å². The van der Waals surface area contributed by atoms with Crippen LogP contribution in [0.4, 0.5) is 0 Å². The highest BCUT2D eigenvalue weighted by Gasteiger charge is 2.09. The van der Waals surface area contributed by atoms with Gasteiger partial charge in [-0.15, -0.1) is 0 Å². The second kappa shape index (κ2) is 7.90. The van der Waals surface area contributed by atoms with E-state index in [1.165, 1.54) is 0 Å². The molecule has 0 aliphatic heterocycles. The Hall–Kier alpha value is -1.94. The quantitative estimate of drug-likeness (QED) is 0.632. The van der Waals surface area contributed by atoms with Crippen LogP contribution in [0.25, 0.3) is 0 Å². The predicted molar refractivity (Wildman–Crippen MR) is 93.8 cm³/mol. The summed E-state index contributed by atoms with van der Waals surface area (Å²) in [5, 5.41) is 4.31. The molecule has 114 valence electrons. The Morgan fingerprint density at radius 3 is 2.32 bits per heavy atom. The Bertz CT molecular complexity index is 649. The lowest BCUT2D eigenvalue weighted by atomic mass is 10.0. The molecule has 2 aromatic rings. The van der Waals surface area contributed by atoms with E-state index >= 15 is 0 Å². The number of carbonyl (C=O) groups is 1. The fourth-order valence-electron chi connectivity index (χ4n) is 2.09. The van der Waals surface area contributed by atoms with Gasteiger partial charge in [0.05, 0.1) is 12.1 Å². The van der Waals surface area contributed by atoms with E-state index in [-0.39, 0.29) is 11.8 Å². The maximum absolute atomic E-state index is 12.0. The average Bonchev–Trinajstić information content (AvgIpc) is 2.50. The first-order valence-electron chi connectivity index (χ1n) is 7.22. The van der Waals surface area contributed by atoms with Gasteiger partial charge in [-0.1, -0.05) is 72.2 Å². The summed E-state index contributed by atoms with van der Waals surface area (Å²) in [5.74, 6) is 0.117. The highest BCUT2D eigenvalue weighted by atomic mass is 79.9. The topological polar surface area (TPSA) is 41.5 Å². The molecule has 3 nitrogen and oxygen atoms in total. The minimum atomic E-state index is -0.114. The summed E-state index contributed by atoms with van der Waals surface area (Å²) in [6, 6.07) is 17.6. The standard InChI is InChI=1S/C18H19BrN2O/c1-13(2)18(15-6-4-3-5-7-15)21-20-17(22)12-14-8-10-16(19)11-9-14/h3-11,13H,12H2,1-2H3,(H,20,22)/b21-18-. The lowest BCUT2D eigenvalue weighted by Gasteiger charge is -2.10. The minimum Gasteiger partial charge on any atom is -0.273 e. The van der Waals surface area contributed by atoms with Gasteiger partial charge in [-0.2, -0.15) is 5.10 Å². The van der Waals surface area contributed by atoms with Gasteiger partial charge in [0.2, 0.25) is 5.91 Å². The fourth-order valence-corrected chi connectivity index (χ4v) is 2.35. The summed E-state index contributed by atoms with van der Waals surface area (Å²) >= 11 is 3.38. The Morgan fingerprint density at radius 1 is 1.09 bits per heavy atom. The van der Waals surface area contributed by atoms with Crippen LogP contribution in [0.3, 0.4) is 0 Å². The van der Waals surface area contributed by atoms with Crippen LogP contribution in [0, 0.1) is 5.92 Å². The number of rotatable bonds is 5. The summed E-state index contributed by atoms with van der Waals surface area (Å²) < 4.78 is 1.00. The van der Waals surface area contributed by atoms with Gasteiger partial charge < -0.3 is 0 Å². The molecule has 0 fully saturated rings. The molecule has 0 saturated heterocycles. The van der Waals surface area contributed by atoms with E-state index in [1.807, 2.05) is 54.6 Å². The number of halogens is 1. The number of hydrazone groups is 1. The SMILES string of the molecule is CC(C)/C(=N/NC(=O)Cc1ccc(Br)cc1)c1ccccc1. The summed E-state index contributed by atoms with van der Waals surface area (Å²) in [6.45, 7) is 4.12. The van der Waals surface area contributed by atoms with Crippen molar-refractivity contribution >= 4 is 27.5 Å². The first-order chi connectivity index (χ1) is 10.6. The molecule has 1 N–H and O–H groups in total. The molecule has 4 heteroatoms. The van der Waals surface area contributed by atoms with Crippen LogP contribution < -0.4 is 5.43 Å². The molecule has 2 aromatic carbocycles. The van der Waals surface area contributed by atoms with E-state index in [1.54, 1.807) is 0 Å². The largest absolute Gasteiger partial charge is 0.273 e. The van der Waals surface area contributed by atoms with Gasteiger partial charge in [0.15, 0.2) is 0 Å². The lowest BCUT2D eigenvalue weighted by Crippen LogP contribution is -2.23. The zero-order valence-corrected chi connectivity index (χ0v) is 14.3. The molecule has 0 radical (unpaired) electrons. The molecule has 2 rings (SSSR count). The van der Waals surface area contributed by atoms with Gasteiger partial charge in [-0.3, -0.25) is 4.79 Å². The molecule has 0 heterocycles. The molecule has 0 aromatic heterocycles. The number of nitrogens with zero attached hydrogens (tertiary/aromatic N) is 1. The van der Waals surface area contributed by atoms with E-state index in [2.05, 4.69) is 40.3 Å². The molecular weight excluding hydrogens is 340 g/mol. The van der Waals surface area contributed by atoms with Crippen molar-refractivity contribution in [3.63, 3.8) is 0 Å². The van der Waals surface area contributed by atoms with Crippen molar-refractivity contribution in [1.82, 2.24) is 5.43 Å². The third-order valence-corrected chi connectivity index (χ3v) is 3.72. The highest BCUT2D eigenvalue weighted by molar-refractivity contribution is 9.10. The third-order valence-electron chi connectivity index (χ3n) is 3.20. The summed E-state index contributed by atoms with van der Waals surface area (Å²) in [5.41, 5.74) is 5.53. The molecule has 0 spiro atoms. The molecule has 0 aliphatic rings. The van der Waals surface area contributed by atoms with Gasteiger partial charge in [0.1, 0.15) is 0 Å². The van der Waals surface area contributed by atoms with Crippen molar-refractivity contribution in [2.24, 2.45) is 11.0 Å². The van der Waals surface area contributed by atoms with Crippen molar-refractivity contribution in [1.29, 1.82) is 0 Å². The average molecular weight is 359 g/mol. The number of benzene rings is 2. The van der Waals surface area contributed by atoms with Gasteiger partial charge >= 0.3 is 0 Å².